The molecule has 1 fully saturated rings. The third-order valence-corrected chi connectivity index (χ3v) is 3.13. The van der Waals surface area contributed by atoms with Gasteiger partial charge in [0.25, 0.3) is 0 Å². The lowest BCUT2D eigenvalue weighted by Gasteiger charge is -2.37. The van der Waals surface area contributed by atoms with E-state index in [1.165, 1.54) is 0 Å². The van der Waals surface area contributed by atoms with Gasteiger partial charge in [-0.2, -0.15) is 0 Å². The largest absolute Gasteiger partial charge is 0.522 e. The zero-order chi connectivity index (χ0) is 12.9. The van der Waals surface area contributed by atoms with Crippen molar-refractivity contribution in [1.29, 1.82) is 0 Å². The smallest absolute Gasteiger partial charge is 0.314 e. The zero-order valence-corrected chi connectivity index (χ0v) is 10.4. The van der Waals surface area contributed by atoms with Crippen LogP contribution in [0.15, 0.2) is 0 Å². The van der Waals surface area contributed by atoms with Crippen molar-refractivity contribution < 1.29 is 17.9 Å². The third kappa shape index (κ3) is 5.70. The van der Waals surface area contributed by atoms with Gasteiger partial charge in [-0.3, -0.25) is 4.74 Å². The second kappa shape index (κ2) is 6.56. The van der Waals surface area contributed by atoms with E-state index in [0.29, 0.717) is 18.5 Å². The van der Waals surface area contributed by atoms with Gasteiger partial charge >= 0.3 is 6.36 Å². The highest BCUT2D eigenvalue weighted by atomic mass is 19.4. The quantitative estimate of drug-likeness (QED) is 0.810. The Kier molecular flexibility index (Phi) is 5.69. The normalized spacial score (nSPS) is 27.4. The summed E-state index contributed by atoms with van der Waals surface area (Å²) in [5, 5.41) is 3.40. The van der Waals surface area contributed by atoms with Crippen LogP contribution in [-0.4, -0.2) is 50.1 Å². The summed E-state index contributed by atoms with van der Waals surface area (Å²) in [6.45, 7) is 6.87. The molecule has 0 bridgehead atoms. The molecule has 0 aliphatic carbocycles. The molecule has 0 amide bonds. The highest BCUT2D eigenvalue weighted by Crippen LogP contribution is 2.18. The van der Waals surface area contributed by atoms with E-state index in [0.717, 1.165) is 26.1 Å². The van der Waals surface area contributed by atoms with Crippen molar-refractivity contribution in [1.82, 2.24) is 10.2 Å². The van der Waals surface area contributed by atoms with Crippen molar-refractivity contribution in [2.24, 2.45) is 5.92 Å². The van der Waals surface area contributed by atoms with E-state index in [-0.39, 0.29) is 6.61 Å². The van der Waals surface area contributed by atoms with Gasteiger partial charge in [0.15, 0.2) is 0 Å². The fourth-order valence-corrected chi connectivity index (χ4v) is 2.29. The number of nitrogens with zero attached hydrogens (tertiary/aromatic N) is 1. The molecular formula is C11H21F3N2O. The Morgan fingerprint density at radius 1 is 1.41 bits per heavy atom. The first kappa shape index (κ1) is 14.7. The van der Waals surface area contributed by atoms with E-state index in [4.69, 9.17) is 0 Å². The standard InChI is InChI=1S/C11H21F3N2O/c1-3-15-10-4-5-16(8-9(10)2)6-7-17-11(12,13)14/h9-10,15H,3-8H2,1-2H3. The van der Waals surface area contributed by atoms with E-state index < -0.39 is 6.36 Å². The van der Waals surface area contributed by atoms with Gasteiger partial charge in [-0.15, -0.1) is 13.2 Å². The molecule has 1 aliphatic rings. The predicted octanol–water partition coefficient (Wildman–Crippen LogP) is 1.84. The Labute approximate surface area is 100 Å². The Hall–Kier alpha value is -0.330. The monoisotopic (exact) mass is 254 g/mol. The van der Waals surface area contributed by atoms with Crippen LogP contribution in [0.1, 0.15) is 20.3 Å². The number of halogens is 3. The number of likely N-dealkylation sites (tertiary alicyclic amines) is 1. The van der Waals surface area contributed by atoms with Gasteiger partial charge in [0, 0.05) is 19.1 Å². The Morgan fingerprint density at radius 2 is 2.12 bits per heavy atom. The molecule has 0 aromatic rings. The van der Waals surface area contributed by atoms with Crippen LogP contribution in [0.4, 0.5) is 13.2 Å². The molecule has 1 N–H and O–H groups in total. The Morgan fingerprint density at radius 3 is 2.65 bits per heavy atom. The lowest BCUT2D eigenvalue weighted by Crippen LogP contribution is -2.49. The predicted molar refractivity (Wildman–Crippen MR) is 59.7 cm³/mol. The molecule has 17 heavy (non-hydrogen) atoms. The summed E-state index contributed by atoms with van der Waals surface area (Å²) in [7, 11) is 0. The minimum absolute atomic E-state index is 0.276. The average molecular weight is 254 g/mol. The fraction of sp³-hybridized carbons (Fsp3) is 1.00. The van der Waals surface area contributed by atoms with Crippen LogP contribution in [0.5, 0.6) is 0 Å². The number of hydrogen-bond acceptors (Lipinski definition) is 3. The molecule has 0 saturated carbocycles. The summed E-state index contributed by atoms with van der Waals surface area (Å²) in [5.74, 6) is 0.467. The van der Waals surface area contributed by atoms with E-state index in [9.17, 15) is 13.2 Å². The number of alkyl halides is 3. The summed E-state index contributed by atoms with van der Waals surface area (Å²) in [6.07, 6.45) is -3.52. The molecule has 0 aromatic carbocycles. The van der Waals surface area contributed by atoms with Crippen LogP contribution < -0.4 is 5.32 Å². The molecule has 0 aromatic heterocycles. The molecule has 1 saturated heterocycles. The van der Waals surface area contributed by atoms with Gasteiger partial charge in [-0.1, -0.05) is 13.8 Å². The van der Waals surface area contributed by atoms with Crippen LogP contribution in [0, 0.1) is 5.92 Å². The maximum atomic E-state index is 11.8. The first-order valence-corrected chi connectivity index (χ1v) is 6.08. The van der Waals surface area contributed by atoms with Gasteiger partial charge in [-0.05, 0) is 25.4 Å². The third-order valence-electron chi connectivity index (χ3n) is 3.13. The summed E-state index contributed by atoms with van der Waals surface area (Å²) in [6, 6.07) is 0.486. The van der Waals surface area contributed by atoms with Crippen molar-refractivity contribution in [2.45, 2.75) is 32.7 Å². The summed E-state index contributed by atoms with van der Waals surface area (Å²) in [5.41, 5.74) is 0. The second-order valence-corrected chi connectivity index (χ2v) is 4.52. The lowest BCUT2D eigenvalue weighted by molar-refractivity contribution is -0.325. The molecule has 2 atom stereocenters. The van der Waals surface area contributed by atoms with Crippen LogP contribution in [0.25, 0.3) is 0 Å². The van der Waals surface area contributed by atoms with Crippen LogP contribution in [0.2, 0.25) is 0 Å². The Balaban J connectivity index is 2.21. The molecule has 1 heterocycles. The van der Waals surface area contributed by atoms with Crippen LogP contribution in [-0.2, 0) is 4.74 Å². The van der Waals surface area contributed by atoms with Crippen LogP contribution in [0.3, 0.4) is 0 Å². The second-order valence-electron chi connectivity index (χ2n) is 4.52. The molecule has 1 aliphatic heterocycles. The zero-order valence-electron chi connectivity index (χ0n) is 10.4. The first-order valence-electron chi connectivity index (χ1n) is 6.08. The van der Waals surface area contributed by atoms with E-state index >= 15 is 0 Å². The summed E-state index contributed by atoms with van der Waals surface area (Å²) in [4.78, 5) is 2.03. The van der Waals surface area contributed by atoms with E-state index in [2.05, 4.69) is 23.9 Å². The molecule has 1 rings (SSSR count). The molecule has 2 unspecified atom stereocenters. The van der Waals surface area contributed by atoms with Gasteiger partial charge in [0.2, 0.25) is 0 Å². The Bertz CT molecular complexity index is 223. The number of hydrogen-bond donors (Lipinski definition) is 1. The minimum Gasteiger partial charge on any atom is -0.314 e. The summed E-state index contributed by atoms with van der Waals surface area (Å²) < 4.78 is 39.2. The maximum Gasteiger partial charge on any atom is 0.522 e. The topological polar surface area (TPSA) is 24.5 Å². The summed E-state index contributed by atoms with van der Waals surface area (Å²) >= 11 is 0. The van der Waals surface area contributed by atoms with Crippen molar-refractivity contribution in [3.8, 4) is 0 Å². The van der Waals surface area contributed by atoms with Crippen molar-refractivity contribution in [3.63, 3.8) is 0 Å². The fourth-order valence-electron chi connectivity index (χ4n) is 2.29. The van der Waals surface area contributed by atoms with Crippen molar-refractivity contribution >= 4 is 0 Å². The van der Waals surface area contributed by atoms with Crippen molar-refractivity contribution in [2.75, 3.05) is 32.8 Å². The molecule has 0 radical (unpaired) electrons. The highest BCUT2D eigenvalue weighted by Gasteiger charge is 2.30. The maximum absolute atomic E-state index is 11.8. The number of rotatable bonds is 5. The van der Waals surface area contributed by atoms with E-state index in [1.807, 2.05) is 4.90 Å². The molecule has 6 heteroatoms. The van der Waals surface area contributed by atoms with E-state index in [1.54, 1.807) is 0 Å². The first-order chi connectivity index (χ1) is 7.92. The lowest BCUT2D eigenvalue weighted by atomic mass is 9.94. The molecule has 3 nitrogen and oxygen atoms in total. The SMILES string of the molecule is CCNC1CCN(CCOC(F)(F)F)CC1C. The number of ether oxygens (including phenoxy) is 1. The molecule has 0 spiro atoms. The highest BCUT2D eigenvalue weighted by molar-refractivity contribution is 4.82. The van der Waals surface area contributed by atoms with Gasteiger partial charge < -0.3 is 10.2 Å². The number of piperidine rings is 1. The molecular weight excluding hydrogens is 233 g/mol. The average Bonchev–Trinajstić information content (AvgIpc) is 2.20. The molecule has 102 valence electrons. The minimum atomic E-state index is -4.51. The van der Waals surface area contributed by atoms with Crippen LogP contribution >= 0.6 is 0 Å². The van der Waals surface area contributed by atoms with Crippen molar-refractivity contribution in [3.05, 3.63) is 0 Å². The van der Waals surface area contributed by atoms with Gasteiger partial charge in [0.1, 0.15) is 0 Å². The number of nitrogens with one attached hydrogen (secondary N) is 1. The van der Waals surface area contributed by atoms with Gasteiger partial charge in [0.05, 0.1) is 6.61 Å². The van der Waals surface area contributed by atoms with Gasteiger partial charge in [-0.25, -0.2) is 0 Å².